The number of amides is 3. The highest BCUT2D eigenvalue weighted by Gasteiger charge is 2.17. The highest BCUT2D eigenvalue weighted by atomic mass is 32.1. The van der Waals surface area contributed by atoms with Crippen LogP contribution in [0.15, 0.2) is 79.1 Å². The van der Waals surface area contributed by atoms with Crippen LogP contribution in [-0.4, -0.2) is 45.5 Å². The number of rotatable bonds is 11. The van der Waals surface area contributed by atoms with Gasteiger partial charge in [0.2, 0.25) is 5.06 Å². The van der Waals surface area contributed by atoms with E-state index in [4.69, 9.17) is 4.74 Å². The van der Waals surface area contributed by atoms with Gasteiger partial charge in [0.1, 0.15) is 5.75 Å². The van der Waals surface area contributed by atoms with Gasteiger partial charge in [-0.2, -0.15) is 0 Å². The molecule has 1 saturated heterocycles. The summed E-state index contributed by atoms with van der Waals surface area (Å²) in [5.74, 6) is 0.376. The molecule has 244 valence electrons. The second kappa shape index (κ2) is 14.8. The van der Waals surface area contributed by atoms with Gasteiger partial charge in [-0.05, 0) is 105 Å². The molecule has 3 amide bonds. The topological polar surface area (TPSA) is 101 Å². The lowest BCUT2D eigenvalue weighted by Crippen LogP contribution is -2.37. The van der Waals surface area contributed by atoms with Gasteiger partial charge in [0.05, 0.1) is 11.7 Å². The number of fused-ring (bicyclic) bond motifs is 1. The number of hydrogen-bond acceptors (Lipinski definition) is 6. The summed E-state index contributed by atoms with van der Waals surface area (Å²) in [4.78, 5) is 32.3. The largest absolute Gasteiger partial charge is 0.445 e. The first-order chi connectivity index (χ1) is 22.9. The van der Waals surface area contributed by atoms with Gasteiger partial charge in [-0.25, -0.2) is 9.78 Å². The molecule has 0 unspecified atom stereocenters. The van der Waals surface area contributed by atoms with Crippen LogP contribution in [0.1, 0.15) is 67.4 Å². The van der Waals surface area contributed by atoms with Crippen LogP contribution in [0.3, 0.4) is 0 Å². The summed E-state index contributed by atoms with van der Waals surface area (Å²) in [5, 5.41) is 11.0. The number of urea groups is 1. The summed E-state index contributed by atoms with van der Waals surface area (Å²) in [6.07, 6.45) is 9.45. The number of nitrogens with zero attached hydrogens (tertiary/aromatic N) is 3. The van der Waals surface area contributed by atoms with E-state index in [2.05, 4.69) is 74.7 Å². The Bertz CT molecular complexity index is 1840. The fourth-order valence-electron chi connectivity index (χ4n) is 6.05. The van der Waals surface area contributed by atoms with Crippen molar-refractivity contribution in [3.05, 3.63) is 95.8 Å². The second-order valence-corrected chi connectivity index (χ2v) is 13.0. The Labute approximate surface area is 280 Å². The van der Waals surface area contributed by atoms with Crippen molar-refractivity contribution in [3.63, 3.8) is 0 Å². The van der Waals surface area contributed by atoms with Crippen molar-refractivity contribution < 1.29 is 14.3 Å². The number of anilines is 2. The molecule has 0 aliphatic carbocycles. The number of aryl methyl sites for hydroxylation is 1. The summed E-state index contributed by atoms with van der Waals surface area (Å²) in [6, 6.07) is 21.6. The first-order valence-corrected chi connectivity index (χ1v) is 17.3. The summed E-state index contributed by atoms with van der Waals surface area (Å²) in [5.41, 5.74) is 5.63. The van der Waals surface area contributed by atoms with Crippen LogP contribution in [0.25, 0.3) is 16.6 Å². The smallest absolute Gasteiger partial charge is 0.319 e. The average Bonchev–Trinajstić information content (AvgIpc) is 3.69. The zero-order chi connectivity index (χ0) is 32.8. The molecular weight excluding hydrogens is 609 g/mol. The van der Waals surface area contributed by atoms with Crippen LogP contribution in [-0.2, 0) is 6.54 Å². The molecule has 6 rings (SSSR count). The second-order valence-electron chi connectivity index (χ2n) is 12.1. The molecule has 0 atom stereocenters. The maximum Gasteiger partial charge on any atom is 0.319 e. The van der Waals surface area contributed by atoms with Gasteiger partial charge >= 0.3 is 6.03 Å². The summed E-state index contributed by atoms with van der Waals surface area (Å²) >= 11 is 1.25. The van der Waals surface area contributed by atoms with Crippen molar-refractivity contribution in [2.24, 2.45) is 0 Å². The highest BCUT2D eigenvalue weighted by Crippen LogP contribution is 2.33. The molecule has 1 aliphatic rings. The maximum absolute atomic E-state index is 13.1. The van der Waals surface area contributed by atoms with E-state index in [1.165, 1.54) is 41.5 Å². The fourth-order valence-corrected chi connectivity index (χ4v) is 6.73. The van der Waals surface area contributed by atoms with Gasteiger partial charge in [0.25, 0.3) is 5.91 Å². The number of thiazole rings is 1. The average molecular weight is 651 g/mol. The van der Waals surface area contributed by atoms with E-state index in [1.807, 2.05) is 43.3 Å². The molecule has 0 radical (unpaired) electrons. The Morgan fingerprint density at radius 3 is 2.47 bits per heavy atom. The Morgan fingerprint density at radius 1 is 0.957 bits per heavy atom. The fraction of sp³-hybridized carbons (Fsp3) is 0.324. The summed E-state index contributed by atoms with van der Waals surface area (Å²) in [7, 11) is 0. The Morgan fingerprint density at radius 2 is 1.72 bits per heavy atom. The standard InChI is InChI=1S/C37H42N6O3S/c1-4-28(5-2)39-36(45)40-32-18-17-30(21-25(32)3)46-34-22-38-37(47-34)41-35(44)26-13-15-29(16-14-26)43-24-27(23-42-19-9-6-10-20-42)31-11-7-8-12-33(31)43/h7-8,11-18,21-22,24,28H,4-6,9-10,19-20,23H2,1-3H3,(H,38,41,44)(H2,39,40,45). The third-order valence-corrected chi connectivity index (χ3v) is 9.53. The van der Waals surface area contributed by atoms with Crippen molar-refractivity contribution in [1.82, 2.24) is 19.8 Å². The van der Waals surface area contributed by atoms with E-state index in [0.29, 0.717) is 27.2 Å². The molecule has 0 spiro atoms. The third kappa shape index (κ3) is 7.84. The molecule has 0 saturated carbocycles. The van der Waals surface area contributed by atoms with Crippen molar-refractivity contribution in [1.29, 1.82) is 0 Å². The number of hydrogen-bond donors (Lipinski definition) is 3. The number of likely N-dealkylation sites (tertiary alicyclic amines) is 1. The van der Waals surface area contributed by atoms with Gasteiger partial charge in [0, 0.05) is 41.1 Å². The number of carbonyl (C=O) groups is 2. The zero-order valence-electron chi connectivity index (χ0n) is 27.2. The predicted octanol–water partition coefficient (Wildman–Crippen LogP) is 8.74. The molecule has 1 aliphatic heterocycles. The zero-order valence-corrected chi connectivity index (χ0v) is 28.0. The first kappa shape index (κ1) is 32.3. The summed E-state index contributed by atoms with van der Waals surface area (Å²) < 4.78 is 8.22. The lowest BCUT2D eigenvalue weighted by Gasteiger charge is -2.26. The number of nitrogens with one attached hydrogen (secondary N) is 3. The number of ether oxygens (including phenoxy) is 1. The molecular formula is C37H42N6O3S. The minimum Gasteiger partial charge on any atom is -0.445 e. The van der Waals surface area contributed by atoms with E-state index in [1.54, 1.807) is 12.3 Å². The van der Waals surface area contributed by atoms with E-state index in [9.17, 15) is 9.59 Å². The van der Waals surface area contributed by atoms with Crippen molar-refractivity contribution in [3.8, 4) is 16.5 Å². The van der Waals surface area contributed by atoms with Crippen LogP contribution in [0.2, 0.25) is 0 Å². The Balaban J connectivity index is 1.07. The molecule has 3 N–H and O–H groups in total. The van der Waals surface area contributed by atoms with Crippen molar-refractivity contribution in [2.75, 3.05) is 23.7 Å². The van der Waals surface area contributed by atoms with Gasteiger partial charge in [-0.1, -0.05) is 49.8 Å². The number of benzene rings is 3. The lowest BCUT2D eigenvalue weighted by atomic mass is 10.1. The van der Waals surface area contributed by atoms with Crippen molar-refractivity contribution >= 4 is 45.0 Å². The van der Waals surface area contributed by atoms with Crippen molar-refractivity contribution in [2.45, 2.75) is 65.5 Å². The van der Waals surface area contributed by atoms with Crippen LogP contribution in [0.5, 0.6) is 10.8 Å². The van der Waals surface area contributed by atoms with E-state index in [0.717, 1.165) is 49.2 Å². The van der Waals surface area contributed by atoms with E-state index >= 15 is 0 Å². The van der Waals surface area contributed by atoms with Gasteiger partial charge < -0.3 is 19.9 Å². The minimum absolute atomic E-state index is 0.145. The maximum atomic E-state index is 13.1. The molecule has 9 nitrogen and oxygen atoms in total. The molecule has 5 aromatic rings. The molecule has 2 aromatic heterocycles. The molecule has 1 fully saturated rings. The lowest BCUT2D eigenvalue weighted by molar-refractivity contribution is 0.102. The number of para-hydroxylation sites is 1. The molecule has 0 bridgehead atoms. The minimum atomic E-state index is -0.237. The monoisotopic (exact) mass is 650 g/mol. The molecule has 3 aromatic carbocycles. The molecule has 47 heavy (non-hydrogen) atoms. The van der Waals surface area contributed by atoms with Crippen LogP contribution >= 0.6 is 11.3 Å². The van der Waals surface area contributed by atoms with E-state index < -0.39 is 0 Å². The van der Waals surface area contributed by atoms with Gasteiger partial charge in [-0.3, -0.25) is 15.0 Å². The molecule has 3 heterocycles. The van der Waals surface area contributed by atoms with Crippen LogP contribution in [0.4, 0.5) is 15.6 Å². The third-order valence-electron chi connectivity index (χ3n) is 8.74. The molecule has 10 heteroatoms. The van der Waals surface area contributed by atoms with Crippen LogP contribution < -0.4 is 20.7 Å². The van der Waals surface area contributed by atoms with Gasteiger partial charge in [0.15, 0.2) is 5.13 Å². The predicted molar refractivity (Wildman–Crippen MR) is 190 cm³/mol. The van der Waals surface area contributed by atoms with Crippen LogP contribution in [0, 0.1) is 6.92 Å². The quantitative estimate of drug-likeness (QED) is 0.133. The summed E-state index contributed by atoms with van der Waals surface area (Å²) in [6.45, 7) is 9.28. The Kier molecular flexibility index (Phi) is 10.2. The number of aromatic nitrogens is 2. The Hall–Kier alpha value is -4.67. The SMILES string of the molecule is CCC(CC)NC(=O)Nc1ccc(Oc2cnc(NC(=O)c3ccc(-n4cc(CN5CCCCC5)c5ccccc54)cc3)s2)cc1C. The number of carbonyl (C=O) groups excluding carboxylic acids is 2. The highest BCUT2D eigenvalue weighted by molar-refractivity contribution is 7.17. The first-order valence-electron chi connectivity index (χ1n) is 16.4. The number of piperidine rings is 1. The normalized spacial score (nSPS) is 13.5. The van der Waals surface area contributed by atoms with E-state index in [-0.39, 0.29) is 18.0 Å². The van der Waals surface area contributed by atoms with Gasteiger partial charge in [-0.15, -0.1) is 0 Å².